The van der Waals surface area contributed by atoms with Crippen LogP contribution in [0.15, 0.2) is 91.0 Å². The van der Waals surface area contributed by atoms with Gasteiger partial charge in [-0.15, -0.1) is 0 Å². The highest BCUT2D eigenvalue weighted by Gasteiger charge is 2.36. The molecule has 28 heavy (non-hydrogen) atoms. The second-order valence-corrected chi connectivity index (χ2v) is 10.7. The summed E-state index contributed by atoms with van der Waals surface area (Å²) < 4.78 is 0. The summed E-state index contributed by atoms with van der Waals surface area (Å²) in [6, 6.07) is 33.7. The van der Waals surface area contributed by atoms with Crippen LogP contribution in [0.4, 0.5) is 0 Å². The summed E-state index contributed by atoms with van der Waals surface area (Å²) in [5.74, 6) is 1.66. The average Bonchev–Trinajstić information content (AvgIpc) is 3.16. The molecular weight excluding hydrogens is 355 g/mol. The van der Waals surface area contributed by atoms with Crippen LogP contribution in [0.5, 0.6) is 0 Å². The van der Waals surface area contributed by atoms with E-state index in [4.69, 9.17) is 0 Å². The van der Waals surface area contributed by atoms with Crippen LogP contribution < -0.4 is 0 Å². The summed E-state index contributed by atoms with van der Waals surface area (Å²) in [5, 5.41) is 0. The van der Waals surface area contributed by atoms with Gasteiger partial charge in [0.05, 0.1) is 0 Å². The van der Waals surface area contributed by atoms with Gasteiger partial charge in [0, 0.05) is 5.66 Å². The molecule has 3 unspecified atom stereocenters. The Kier molecular flexibility index (Phi) is 6.61. The average molecular weight is 387 g/mol. The lowest BCUT2D eigenvalue weighted by atomic mass is 9.90. The van der Waals surface area contributed by atoms with Gasteiger partial charge in [0.15, 0.2) is 0 Å². The molecule has 1 aliphatic carbocycles. The van der Waals surface area contributed by atoms with E-state index in [1.807, 2.05) is 0 Å². The minimum absolute atomic E-state index is 0.191. The van der Waals surface area contributed by atoms with Crippen molar-refractivity contribution >= 4 is 7.92 Å². The first-order valence-electron chi connectivity index (χ1n) is 10.7. The monoisotopic (exact) mass is 386 g/mol. The van der Waals surface area contributed by atoms with Crippen molar-refractivity contribution in [2.45, 2.75) is 44.2 Å². The molecule has 3 atom stereocenters. The van der Waals surface area contributed by atoms with Crippen LogP contribution in [-0.4, -0.2) is 0 Å². The molecule has 0 saturated heterocycles. The molecule has 144 valence electrons. The first kappa shape index (κ1) is 19.4. The van der Waals surface area contributed by atoms with Crippen LogP contribution in [0.1, 0.15) is 48.5 Å². The van der Waals surface area contributed by atoms with Crippen molar-refractivity contribution in [2.75, 3.05) is 0 Å². The van der Waals surface area contributed by atoms with Crippen molar-refractivity contribution in [3.63, 3.8) is 0 Å². The minimum Gasteiger partial charge on any atom is -0.0897 e. The standard InChI is InChI=1S/C27H31P/c1-22-12-11-19-26(22)27(25-17-9-4-10-18-25)28(20-23-13-5-2-6-14-23)21-24-15-7-3-8-16-24/h2-10,13-18,22,26-27H,11-12,19-21H2,1H3. The van der Waals surface area contributed by atoms with Gasteiger partial charge in [0.25, 0.3) is 0 Å². The lowest BCUT2D eigenvalue weighted by Crippen LogP contribution is -2.16. The summed E-state index contributed by atoms with van der Waals surface area (Å²) in [6.45, 7) is 2.49. The molecule has 0 nitrogen and oxygen atoms in total. The fourth-order valence-electron chi connectivity index (χ4n) is 4.91. The lowest BCUT2D eigenvalue weighted by Gasteiger charge is -2.35. The first-order chi connectivity index (χ1) is 13.8. The molecule has 0 heterocycles. The molecular formula is C27H31P. The summed E-state index contributed by atoms with van der Waals surface area (Å²) in [5.41, 5.74) is 5.25. The number of benzene rings is 3. The third kappa shape index (κ3) is 4.73. The number of rotatable bonds is 7. The first-order valence-corrected chi connectivity index (χ1v) is 12.5. The van der Waals surface area contributed by atoms with Crippen LogP contribution in [-0.2, 0) is 12.3 Å². The zero-order valence-corrected chi connectivity index (χ0v) is 17.8. The van der Waals surface area contributed by atoms with E-state index in [1.165, 1.54) is 42.7 Å². The van der Waals surface area contributed by atoms with E-state index in [2.05, 4.69) is 97.9 Å². The van der Waals surface area contributed by atoms with Crippen molar-refractivity contribution in [2.24, 2.45) is 11.8 Å². The van der Waals surface area contributed by atoms with Crippen molar-refractivity contribution < 1.29 is 0 Å². The van der Waals surface area contributed by atoms with Crippen molar-refractivity contribution in [1.29, 1.82) is 0 Å². The summed E-state index contributed by atoms with van der Waals surface area (Å²) in [6.07, 6.45) is 6.62. The van der Waals surface area contributed by atoms with Crippen LogP contribution in [0, 0.1) is 11.8 Å². The SMILES string of the molecule is CC1CCCC1C(c1ccccc1)P(Cc1ccccc1)Cc1ccccc1. The molecule has 1 saturated carbocycles. The largest absolute Gasteiger partial charge is 0.0897 e. The predicted octanol–water partition coefficient (Wildman–Crippen LogP) is 8.05. The fourth-order valence-corrected chi connectivity index (χ4v) is 8.35. The Bertz CT molecular complexity index is 786. The molecule has 1 fully saturated rings. The van der Waals surface area contributed by atoms with Crippen LogP contribution in [0.25, 0.3) is 0 Å². The smallest absolute Gasteiger partial charge is 0.00785 e. The van der Waals surface area contributed by atoms with Gasteiger partial charge in [-0.1, -0.05) is 119 Å². The van der Waals surface area contributed by atoms with Crippen molar-refractivity contribution in [1.82, 2.24) is 0 Å². The Morgan fingerprint density at radius 1 is 0.714 bits per heavy atom. The maximum Gasteiger partial charge on any atom is 0.00785 e. The molecule has 0 aliphatic heterocycles. The molecule has 0 amide bonds. The summed E-state index contributed by atoms with van der Waals surface area (Å²) in [7, 11) is -0.191. The quantitative estimate of drug-likeness (QED) is 0.360. The van der Waals surface area contributed by atoms with Gasteiger partial charge in [0.2, 0.25) is 0 Å². The Labute approximate surface area is 171 Å². The fraction of sp³-hybridized carbons (Fsp3) is 0.333. The molecule has 3 aromatic rings. The van der Waals surface area contributed by atoms with E-state index in [0.29, 0.717) is 5.66 Å². The van der Waals surface area contributed by atoms with Gasteiger partial charge >= 0.3 is 0 Å². The highest BCUT2D eigenvalue weighted by molar-refractivity contribution is 7.56. The zero-order chi connectivity index (χ0) is 19.2. The lowest BCUT2D eigenvalue weighted by molar-refractivity contribution is 0.405. The molecule has 0 N–H and O–H groups in total. The Hall–Kier alpha value is -1.91. The van der Waals surface area contributed by atoms with Crippen molar-refractivity contribution in [3.8, 4) is 0 Å². The van der Waals surface area contributed by atoms with E-state index in [9.17, 15) is 0 Å². The van der Waals surface area contributed by atoms with Gasteiger partial charge in [-0.05, 0) is 47.3 Å². The highest BCUT2D eigenvalue weighted by Crippen LogP contribution is 2.62. The molecule has 1 heteroatoms. The van der Waals surface area contributed by atoms with E-state index < -0.39 is 0 Å². The van der Waals surface area contributed by atoms with Gasteiger partial charge in [-0.2, -0.15) is 0 Å². The zero-order valence-electron chi connectivity index (χ0n) is 16.9. The van der Waals surface area contributed by atoms with E-state index in [0.717, 1.165) is 11.8 Å². The summed E-state index contributed by atoms with van der Waals surface area (Å²) in [4.78, 5) is 0. The number of hydrogen-bond donors (Lipinski definition) is 0. The summed E-state index contributed by atoms with van der Waals surface area (Å²) >= 11 is 0. The normalized spacial score (nSPS) is 20.4. The van der Waals surface area contributed by atoms with Crippen molar-refractivity contribution in [3.05, 3.63) is 108 Å². The molecule has 0 radical (unpaired) electrons. The third-order valence-corrected chi connectivity index (χ3v) is 9.34. The van der Waals surface area contributed by atoms with Gasteiger partial charge < -0.3 is 0 Å². The van der Waals surface area contributed by atoms with Gasteiger partial charge in [-0.3, -0.25) is 0 Å². The van der Waals surface area contributed by atoms with Crippen LogP contribution in [0.3, 0.4) is 0 Å². The maximum absolute atomic E-state index is 2.49. The predicted molar refractivity (Wildman–Crippen MR) is 123 cm³/mol. The molecule has 4 rings (SSSR count). The van der Waals surface area contributed by atoms with Gasteiger partial charge in [0.1, 0.15) is 0 Å². The van der Waals surface area contributed by atoms with Gasteiger partial charge in [-0.25, -0.2) is 0 Å². The third-order valence-electron chi connectivity index (χ3n) is 6.32. The minimum atomic E-state index is -0.191. The molecule has 1 aliphatic rings. The Morgan fingerprint density at radius 2 is 1.21 bits per heavy atom. The second-order valence-electron chi connectivity index (χ2n) is 8.30. The van der Waals surface area contributed by atoms with Crippen LogP contribution >= 0.6 is 7.92 Å². The number of hydrogen-bond acceptors (Lipinski definition) is 0. The second kappa shape index (κ2) is 9.53. The van der Waals surface area contributed by atoms with E-state index in [1.54, 1.807) is 5.56 Å². The van der Waals surface area contributed by atoms with E-state index in [-0.39, 0.29) is 7.92 Å². The highest BCUT2D eigenvalue weighted by atomic mass is 31.1. The molecule has 0 spiro atoms. The maximum atomic E-state index is 2.49. The molecule has 0 bridgehead atoms. The molecule has 3 aromatic carbocycles. The Morgan fingerprint density at radius 3 is 1.68 bits per heavy atom. The topological polar surface area (TPSA) is 0 Å². The van der Waals surface area contributed by atoms with Crippen LogP contribution in [0.2, 0.25) is 0 Å². The molecule has 0 aromatic heterocycles. The van der Waals surface area contributed by atoms with E-state index >= 15 is 0 Å². The Balaban J connectivity index is 1.71.